The number of fused-ring (bicyclic) bond motifs is 2. The Hall–Kier alpha value is -2.34. The topological polar surface area (TPSA) is 40.6 Å². The van der Waals surface area contributed by atoms with Crippen LogP contribution in [-0.4, -0.2) is 32.4 Å². The van der Waals surface area contributed by atoms with E-state index in [0.29, 0.717) is 23.0 Å². The van der Waals surface area contributed by atoms with Crippen molar-refractivity contribution in [2.45, 2.75) is 43.5 Å². The molecule has 5 rings (SSSR count). The maximum Gasteiger partial charge on any atom is 0.243 e. The molecule has 0 N–H and O–H groups in total. The van der Waals surface area contributed by atoms with Crippen LogP contribution in [0, 0.1) is 13.8 Å². The smallest absolute Gasteiger partial charge is 0.243 e. The average molecular weight is 481 g/mol. The van der Waals surface area contributed by atoms with Crippen molar-refractivity contribution < 1.29 is 8.42 Å². The minimum Gasteiger partial charge on any atom is -0.366 e. The summed E-state index contributed by atoms with van der Waals surface area (Å²) in [5, 5.41) is 0.540. The van der Waals surface area contributed by atoms with Crippen molar-refractivity contribution >= 4 is 27.3 Å². The van der Waals surface area contributed by atoms with Gasteiger partial charge in [0.05, 0.1) is 4.90 Å². The Morgan fingerprint density at radius 1 is 0.939 bits per heavy atom. The fraction of sp³-hybridized carbons (Fsp3) is 0.333. The van der Waals surface area contributed by atoms with E-state index in [-0.39, 0.29) is 5.41 Å². The van der Waals surface area contributed by atoms with E-state index in [0.717, 1.165) is 25.9 Å². The predicted molar refractivity (Wildman–Crippen MR) is 135 cm³/mol. The van der Waals surface area contributed by atoms with Crippen molar-refractivity contribution in [1.82, 2.24) is 4.31 Å². The molecule has 33 heavy (non-hydrogen) atoms. The maximum atomic E-state index is 13.2. The molecule has 6 heteroatoms. The summed E-state index contributed by atoms with van der Waals surface area (Å²) < 4.78 is 28.0. The van der Waals surface area contributed by atoms with Crippen molar-refractivity contribution in [3.63, 3.8) is 0 Å². The molecule has 172 valence electrons. The van der Waals surface area contributed by atoms with Gasteiger partial charge in [0.15, 0.2) is 0 Å². The number of sulfonamides is 1. The van der Waals surface area contributed by atoms with Crippen molar-refractivity contribution in [3.8, 4) is 0 Å². The Kier molecular flexibility index (Phi) is 5.76. The van der Waals surface area contributed by atoms with E-state index in [1.807, 2.05) is 0 Å². The third kappa shape index (κ3) is 4.07. The zero-order chi connectivity index (χ0) is 23.2. The van der Waals surface area contributed by atoms with Crippen LogP contribution in [0.15, 0.2) is 71.6 Å². The number of piperidine rings is 1. The van der Waals surface area contributed by atoms with Crippen LogP contribution in [0.5, 0.6) is 0 Å². The number of hydrogen-bond donors (Lipinski definition) is 0. The minimum atomic E-state index is -3.51. The number of nitrogens with zero attached hydrogens (tertiary/aromatic N) is 2. The number of benzene rings is 3. The first-order chi connectivity index (χ1) is 15.8. The number of halogens is 1. The molecule has 1 fully saturated rings. The van der Waals surface area contributed by atoms with E-state index < -0.39 is 10.0 Å². The summed E-state index contributed by atoms with van der Waals surface area (Å²) in [7, 11) is -3.51. The first-order valence-corrected chi connectivity index (χ1v) is 13.3. The van der Waals surface area contributed by atoms with Crippen molar-refractivity contribution in [1.29, 1.82) is 0 Å². The lowest BCUT2D eigenvalue weighted by Crippen LogP contribution is -2.47. The number of para-hydroxylation sites is 1. The molecule has 3 aromatic rings. The molecule has 0 bridgehead atoms. The molecule has 0 unspecified atom stereocenters. The number of anilines is 1. The van der Waals surface area contributed by atoms with Crippen LogP contribution in [0.25, 0.3) is 0 Å². The van der Waals surface area contributed by atoms with Gasteiger partial charge >= 0.3 is 0 Å². The average Bonchev–Trinajstić information content (AvgIpc) is 3.09. The second-order valence-electron chi connectivity index (χ2n) is 9.44. The van der Waals surface area contributed by atoms with Crippen LogP contribution in [0.4, 0.5) is 5.69 Å². The molecule has 1 spiro atoms. The molecule has 0 atom stereocenters. The highest BCUT2D eigenvalue weighted by Gasteiger charge is 2.46. The Morgan fingerprint density at radius 2 is 1.64 bits per heavy atom. The molecule has 0 saturated carbocycles. The highest BCUT2D eigenvalue weighted by atomic mass is 35.5. The summed E-state index contributed by atoms with van der Waals surface area (Å²) in [6.07, 6.45) is 1.64. The van der Waals surface area contributed by atoms with Gasteiger partial charge < -0.3 is 4.90 Å². The van der Waals surface area contributed by atoms with Crippen LogP contribution >= 0.6 is 11.6 Å². The largest absolute Gasteiger partial charge is 0.366 e. The van der Waals surface area contributed by atoms with Crippen LogP contribution in [-0.2, 0) is 22.0 Å². The van der Waals surface area contributed by atoms with Crippen LogP contribution in [0.1, 0.15) is 35.1 Å². The highest BCUT2D eigenvalue weighted by Crippen LogP contribution is 2.48. The van der Waals surface area contributed by atoms with E-state index in [1.165, 1.54) is 27.9 Å². The predicted octanol–water partition coefficient (Wildman–Crippen LogP) is 5.70. The monoisotopic (exact) mass is 480 g/mol. The summed E-state index contributed by atoms with van der Waals surface area (Å²) in [6.45, 7) is 7.16. The van der Waals surface area contributed by atoms with Gasteiger partial charge in [-0.2, -0.15) is 4.31 Å². The molecule has 2 heterocycles. The Morgan fingerprint density at radius 3 is 2.33 bits per heavy atom. The summed E-state index contributed by atoms with van der Waals surface area (Å²) >= 11 is 5.95. The van der Waals surface area contributed by atoms with Gasteiger partial charge in [-0.25, -0.2) is 8.42 Å². The molecule has 0 amide bonds. The number of aryl methyl sites for hydroxylation is 2. The Bertz CT molecular complexity index is 1280. The molecule has 2 aliphatic heterocycles. The highest BCUT2D eigenvalue weighted by molar-refractivity contribution is 7.89. The fourth-order valence-electron chi connectivity index (χ4n) is 5.44. The van der Waals surface area contributed by atoms with Gasteiger partial charge in [0.1, 0.15) is 0 Å². The van der Waals surface area contributed by atoms with Crippen LogP contribution in [0.2, 0.25) is 5.02 Å². The van der Waals surface area contributed by atoms with Crippen LogP contribution in [0.3, 0.4) is 0 Å². The van der Waals surface area contributed by atoms with Crippen molar-refractivity contribution in [3.05, 3.63) is 94.0 Å². The second-order valence-corrected chi connectivity index (χ2v) is 11.8. The SMILES string of the molecule is Cc1ccc(CN2CC3(CCN(S(=O)(=O)c4ccc(Cl)cc4)CC3)c3ccccc32)c(C)c1. The standard InChI is InChI=1S/C27H29ClN2O2S/c1-20-7-8-22(21(2)17-20)18-29-19-27(25-5-3-4-6-26(25)29)13-15-30(16-14-27)33(31,32)24-11-9-23(28)10-12-24/h3-12,17H,13-16,18-19H2,1-2H3. The van der Waals surface area contributed by atoms with Gasteiger partial charge in [0, 0.05) is 42.3 Å². The van der Waals surface area contributed by atoms with Gasteiger partial charge in [-0.1, -0.05) is 53.6 Å². The molecule has 0 aromatic heterocycles. The summed E-state index contributed by atoms with van der Waals surface area (Å²) in [4.78, 5) is 2.79. The summed E-state index contributed by atoms with van der Waals surface area (Å²) in [5.41, 5.74) is 6.57. The third-order valence-corrected chi connectivity index (χ3v) is 9.46. The molecule has 0 aliphatic carbocycles. The molecule has 2 aliphatic rings. The van der Waals surface area contributed by atoms with Gasteiger partial charge in [-0.3, -0.25) is 0 Å². The van der Waals surface area contributed by atoms with Crippen LogP contribution < -0.4 is 4.90 Å². The van der Waals surface area contributed by atoms with Gasteiger partial charge in [-0.15, -0.1) is 0 Å². The fourth-order valence-corrected chi connectivity index (χ4v) is 7.01. The van der Waals surface area contributed by atoms with Crippen molar-refractivity contribution in [2.75, 3.05) is 24.5 Å². The van der Waals surface area contributed by atoms with E-state index in [4.69, 9.17) is 11.6 Å². The van der Waals surface area contributed by atoms with E-state index in [1.54, 1.807) is 28.6 Å². The molecule has 0 radical (unpaired) electrons. The van der Waals surface area contributed by atoms with E-state index >= 15 is 0 Å². The van der Waals surface area contributed by atoms with Crippen molar-refractivity contribution in [2.24, 2.45) is 0 Å². The lowest BCUT2D eigenvalue weighted by molar-refractivity contribution is 0.244. The summed E-state index contributed by atoms with van der Waals surface area (Å²) in [6, 6.07) is 21.8. The second kappa shape index (κ2) is 8.46. The van der Waals surface area contributed by atoms with E-state index in [2.05, 4.69) is 61.2 Å². The van der Waals surface area contributed by atoms with Gasteiger partial charge in [0.25, 0.3) is 0 Å². The maximum absolute atomic E-state index is 13.2. The normalized spacial score (nSPS) is 18.0. The quantitative estimate of drug-likeness (QED) is 0.481. The third-order valence-electron chi connectivity index (χ3n) is 7.30. The van der Waals surface area contributed by atoms with Gasteiger partial charge in [0.2, 0.25) is 10.0 Å². The lowest BCUT2D eigenvalue weighted by Gasteiger charge is -2.39. The molecular formula is C27H29ClN2O2S. The number of rotatable bonds is 4. The van der Waals surface area contributed by atoms with Gasteiger partial charge in [-0.05, 0) is 73.7 Å². The molecule has 1 saturated heterocycles. The first kappa shape index (κ1) is 22.5. The zero-order valence-corrected chi connectivity index (χ0v) is 20.7. The Labute approximate surface area is 201 Å². The number of hydrogen-bond acceptors (Lipinski definition) is 3. The minimum absolute atomic E-state index is 0.0127. The first-order valence-electron chi connectivity index (χ1n) is 11.4. The molecule has 3 aromatic carbocycles. The Balaban J connectivity index is 1.38. The lowest BCUT2D eigenvalue weighted by atomic mass is 9.75. The summed E-state index contributed by atoms with van der Waals surface area (Å²) in [5.74, 6) is 0. The van der Waals surface area contributed by atoms with E-state index in [9.17, 15) is 8.42 Å². The molecular weight excluding hydrogens is 452 g/mol. The zero-order valence-electron chi connectivity index (χ0n) is 19.1. The molecule has 4 nitrogen and oxygen atoms in total.